The molecule has 0 fully saturated rings. The molecule has 1 aromatic carbocycles. The average molecular weight is 275 g/mol. The first-order valence-corrected chi connectivity index (χ1v) is 7.07. The molecule has 0 saturated heterocycles. The average Bonchev–Trinajstić information content (AvgIpc) is 2.79. The van der Waals surface area contributed by atoms with Gasteiger partial charge in [-0.15, -0.1) is 11.3 Å². The van der Waals surface area contributed by atoms with Crippen molar-refractivity contribution in [2.24, 2.45) is 0 Å². The molecule has 1 heterocycles. The van der Waals surface area contributed by atoms with E-state index in [4.69, 9.17) is 10.5 Å². The van der Waals surface area contributed by atoms with Crippen molar-refractivity contribution in [2.75, 3.05) is 12.3 Å². The van der Waals surface area contributed by atoms with E-state index in [0.717, 1.165) is 16.9 Å². The normalized spacial score (nSPS) is 10.4. The maximum Gasteiger partial charge on any atom is 0.350 e. The molecule has 1 aromatic heterocycles. The summed E-state index contributed by atoms with van der Waals surface area (Å²) in [7, 11) is 0. The summed E-state index contributed by atoms with van der Waals surface area (Å²) >= 11 is 1.38. The highest BCUT2D eigenvalue weighted by Gasteiger charge is 2.16. The van der Waals surface area contributed by atoms with Crippen LogP contribution in [0.1, 0.15) is 28.6 Å². The van der Waals surface area contributed by atoms with Crippen LogP contribution in [-0.2, 0) is 4.74 Å². The zero-order valence-corrected chi connectivity index (χ0v) is 11.9. The van der Waals surface area contributed by atoms with Crippen molar-refractivity contribution in [1.82, 2.24) is 0 Å². The van der Waals surface area contributed by atoms with E-state index < -0.39 is 0 Å². The summed E-state index contributed by atoms with van der Waals surface area (Å²) in [6, 6.07) is 9.97. The summed E-state index contributed by atoms with van der Waals surface area (Å²) < 4.78 is 5.12. The van der Waals surface area contributed by atoms with Crippen LogP contribution in [0, 0.1) is 6.92 Å². The van der Waals surface area contributed by atoms with Crippen LogP contribution in [-0.4, -0.2) is 12.6 Å². The molecule has 0 amide bonds. The van der Waals surface area contributed by atoms with Crippen LogP contribution in [0.2, 0.25) is 0 Å². The lowest BCUT2D eigenvalue weighted by molar-refractivity contribution is 0.0512. The Labute approximate surface area is 117 Å². The van der Waals surface area contributed by atoms with Gasteiger partial charge < -0.3 is 10.5 Å². The van der Waals surface area contributed by atoms with E-state index in [1.54, 1.807) is 0 Å². The first-order valence-electron chi connectivity index (χ1n) is 6.25. The predicted molar refractivity (Wildman–Crippen MR) is 79.5 cm³/mol. The molecule has 0 aliphatic heterocycles. The molecule has 0 bridgehead atoms. The summed E-state index contributed by atoms with van der Waals surface area (Å²) in [5, 5.41) is 0. The Morgan fingerprint density at radius 2 is 2.00 bits per heavy atom. The molecule has 2 N–H and O–H groups in total. The summed E-state index contributed by atoms with van der Waals surface area (Å²) in [5.41, 5.74) is 8.65. The molecule has 0 saturated carbocycles. The smallest absolute Gasteiger partial charge is 0.350 e. The van der Waals surface area contributed by atoms with Gasteiger partial charge in [-0.25, -0.2) is 4.79 Å². The van der Waals surface area contributed by atoms with Gasteiger partial charge in [0.25, 0.3) is 0 Å². The Morgan fingerprint density at radius 3 is 2.63 bits per heavy atom. The number of hydrogen-bond donors (Lipinski definition) is 1. The number of nitrogen functional groups attached to an aromatic ring is 1. The number of anilines is 1. The molecule has 2 aromatic rings. The van der Waals surface area contributed by atoms with E-state index in [1.165, 1.54) is 16.9 Å². The van der Waals surface area contributed by atoms with Gasteiger partial charge in [0.05, 0.1) is 12.3 Å². The van der Waals surface area contributed by atoms with E-state index in [2.05, 4.69) is 0 Å². The largest absolute Gasteiger partial charge is 0.461 e. The highest BCUT2D eigenvalue weighted by Crippen LogP contribution is 2.33. The third kappa shape index (κ3) is 3.15. The van der Waals surface area contributed by atoms with Crippen LogP contribution < -0.4 is 5.73 Å². The molecule has 4 heteroatoms. The standard InChI is InChI=1S/C15H17NO2S/c1-3-8-18-15(17)14-12(16)9-13(19-14)11-6-4-10(2)5-7-11/h4-7,9H,3,8,16H2,1-2H3. The SMILES string of the molecule is CCCOC(=O)c1sc(-c2ccc(C)cc2)cc1N. The highest BCUT2D eigenvalue weighted by atomic mass is 32.1. The van der Waals surface area contributed by atoms with Crippen molar-refractivity contribution >= 4 is 23.0 Å². The monoisotopic (exact) mass is 275 g/mol. The van der Waals surface area contributed by atoms with Crippen molar-refractivity contribution in [3.63, 3.8) is 0 Å². The van der Waals surface area contributed by atoms with Crippen molar-refractivity contribution in [2.45, 2.75) is 20.3 Å². The zero-order valence-electron chi connectivity index (χ0n) is 11.1. The minimum absolute atomic E-state index is 0.331. The molecule has 0 unspecified atom stereocenters. The Kier molecular flexibility index (Phi) is 4.22. The number of aryl methyl sites for hydroxylation is 1. The van der Waals surface area contributed by atoms with E-state index >= 15 is 0 Å². The van der Waals surface area contributed by atoms with Gasteiger partial charge in [-0.05, 0) is 25.0 Å². The van der Waals surface area contributed by atoms with Crippen LogP contribution in [0.5, 0.6) is 0 Å². The van der Waals surface area contributed by atoms with E-state index in [0.29, 0.717) is 17.2 Å². The van der Waals surface area contributed by atoms with Gasteiger partial charge in [0, 0.05) is 4.88 Å². The Bertz CT molecular complexity index is 572. The summed E-state index contributed by atoms with van der Waals surface area (Å²) in [5.74, 6) is -0.331. The fourth-order valence-corrected chi connectivity index (χ4v) is 2.66. The van der Waals surface area contributed by atoms with Crippen LogP contribution >= 0.6 is 11.3 Å². The van der Waals surface area contributed by atoms with E-state index in [9.17, 15) is 4.79 Å². The Balaban J connectivity index is 2.25. The quantitative estimate of drug-likeness (QED) is 0.862. The molecule has 3 nitrogen and oxygen atoms in total. The number of rotatable bonds is 4. The lowest BCUT2D eigenvalue weighted by atomic mass is 10.1. The number of carbonyl (C=O) groups excluding carboxylic acids is 1. The second-order valence-corrected chi connectivity index (χ2v) is 5.45. The Hall–Kier alpha value is -1.81. The first-order chi connectivity index (χ1) is 9.11. The molecule has 19 heavy (non-hydrogen) atoms. The molecule has 0 atom stereocenters. The van der Waals surface area contributed by atoms with Crippen molar-refractivity contribution in [3.05, 3.63) is 40.8 Å². The molecule has 100 valence electrons. The topological polar surface area (TPSA) is 52.3 Å². The van der Waals surface area contributed by atoms with Crippen LogP contribution in [0.4, 0.5) is 5.69 Å². The number of carbonyl (C=O) groups is 1. The minimum atomic E-state index is -0.331. The summed E-state index contributed by atoms with van der Waals surface area (Å²) in [4.78, 5) is 13.3. The van der Waals surface area contributed by atoms with Gasteiger partial charge in [0.1, 0.15) is 4.88 Å². The third-order valence-electron chi connectivity index (χ3n) is 2.72. The lowest BCUT2D eigenvalue weighted by Crippen LogP contribution is -2.05. The molecule has 0 aliphatic rings. The predicted octanol–water partition coefficient (Wildman–Crippen LogP) is 3.87. The number of hydrogen-bond acceptors (Lipinski definition) is 4. The van der Waals surface area contributed by atoms with Gasteiger partial charge in [-0.2, -0.15) is 0 Å². The minimum Gasteiger partial charge on any atom is -0.461 e. The number of esters is 1. The van der Waals surface area contributed by atoms with Gasteiger partial charge in [-0.1, -0.05) is 36.8 Å². The lowest BCUT2D eigenvalue weighted by Gasteiger charge is -2.01. The Morgan fingerprint density at radius 1 is 1.32 bits per heavy atom. The summed E-state index contributed by atoms with van der Waals surface area (Å²) in [6.07, 6.45) is 0.807. The van der Waals surface area contributed by atoms with Gasteiger partial charge in [-0.3, -0.25) is 0 Å². The van der Waals surface area contributed by atoms with E-state index in [1.807, 2.05) is 44.2 Å². The molecular formula is C15H17NO2S. The number of ether oxygens (including phenoxy) is 1. The fourth-order valence-electron chi connectivity index (χ4n) is 1.69. The molecule has 2 rings (SSSR count). The van der Waals surface area contributed by atoms with Crippen LogP contribution in [0.3, 0.4) is 0 Å². The van der Waals surface area contributed by atoms with E-state index in [-0.39, 0.29) is 5.97 Å². The van der Waals surface area contributed by atoms with Crippen molar-refractivity contribution in [1.29, 1.82) is 0 Å². The number of nitrogens with two attached hydrogens (primary N) is 1. The highest BCUT2D eigenvalue weighted by molar-refractivity contribution is 7.18. The second kappa shape index (κ2) is 5.89. The second-order valence-electron chi connectivity index (χ2n) is 4.40. The van der Waals surface area contributed by atoms with Gasteiger partial charge in [0.15, 0.2) is 0 Å². The zero-order chi connectivity index (χ0) is 13.8. The molecule has 0 aliphatic carbocycles. The summed E-state index contributed by atoms with van der Waals surface area (Å²) in [6.45, 7) is 4.43. The maximum absolute atomic E-state index is 11.8. The molecular weight excluding hydrogens is 258 g/mol. The molecule has 0 spiro atoms. The van der Waals surface area contributed by atoms with Crippen molar-refractivity contribution in [3.8, 4) is 10.4 Å². The first kappa shape index (κ1) is 13.6. The number of benzene rings is 1. The number of thiophene rings is 1. The fraction of sp³-hybridized carbons (Fsp3) is 0.267. The van der Waals surface area contributed by atoms with Crippen LogP contribution in [0.25, 0.3) is 10.4 Å². The van der Waals surface area contributed by atoms with Gasteiger partial charge in [0.2, 0.25) is 0 Å². The molecule has 0 radical (unpaired) electrons. The van der Waals surface area contributed by atoms with Crippen LogP contribution in [0.15, 0.2) is 30.3 Å². The third-order valence-corrected chi connectivity index (χ3v) is 3.90. The van der Waals surface area contributed by atoms with Crippen molar-refractivity contribution < 1.29 is 9.53 Å². The van der Waals surface area contributed by atoms with Gasteiger partial charge >= 0.3 is 5.97 Å². The maximum atomic E-state index is 11.8.